The lowest BCUT2D eigenvalue weighted by atomic mass is 9.98. The van der Waals surface area contributed by atoms with E-state index < -0.39 is 0 Å². The number of hydrogen-bond donors (Lipinski definition) is 0. The van der Waals surface area contributed by atoms with Gasteiger partial charge in [-0.1, -0.05) is 127 Å². The summed E-state index contributed by atoms with van der Waals surface area (Å²) in [5.41, 5.74) is 11.1. The maximum absolute atomic E-state index is 10.5. The standard InChI is InChI=1S/C47H28N4O/c48-29-39-44(31-16-6-2-7-17-31)49-47(50-45(39)32-18-8-3-9-19-32)34-26-33(30-14-4-1-5-15-30)27-35(28-34)51-40-22-12-10-21-38(40)43-41(51)25-24-37-36-20-11-13-23-42(36)52-46(37)43/h1-28H. The molecule has 10 rings (SSSR count). The Morgan fingerprint density at radius 2 is 1.06 bits per heavy atom. The lowest BCUT2D eigenvalue weighted by molar-refractivity contribution is 0.673. The van der Waals surface area contributed by atoms with E-state index in [1.54, 1.807) is 0 Å². The van der Waals surface area contributed by atoms with Crippen molar-refractivity contribution >= 4 is 43.7 Å². The Bertz CT molecular complexity index is 2950. The summed E-state index contributed by atoms with van der Waals surface area (Å²) in [7, 11) is 0. The average molecular weight is 665 g/mol. The van der Waals surface area contributed by atoms with Crippen molar-refractivity contribution in [2.75, 3.05) is 0 Å². The lowest BCUT2D eigenvalue weighted by Gasteiger charge is -2.15. The fraction of sp³-hybridized carbons (Fsp3) is 0. The number of furan rings is 1. The summed E-state index contributed by atoms with van der Waals surface area (Å²) in [5, 5.41) is 14.9. The van der Waals surface area contributed by atoms with Crippen molar-refractivity contribution in [2.45, 2.75) is 0 Å². The fourth-order valence-electron chi connectivity index (χ4n) is 7.49. The van der Waals surface area contributed by atoms with Gasteiger partial charge in [0.05, 0.1) is 27.8 Å². The summed E-state index contributed by atoms with van der Waals surface area (Å²) in [5.74, 6) is 0.538. The topological polar surface area (TPSA) is 67.6 Å². The van der Waals surface area contributed by atoms with Crippen LogP contribution in [0.3, 0.4) is 0 Å². The second kappa shape index (κ2) is 11.9. The second-order valence-corrected chi connectivity index (χ2v) is 12.9. The minimum absolute atomic E-state index is 0.442. The maximum atomic E-state index is 10.5. The largest absolute Gasteiger partial charge is 0.455 e. The first-order chi connectivity index (χ1) is 25.7. The van der Waals surface area contributed by atoms with Crippen molar-refractivity contribution in [3.63, 3.8) is 0 Å². The van der Waals surface area contributed by atoms with Crippen LogP contribution in [0.1, 0.15) is 5.56 Å². The molecule has 0 unspecified atom stereocenters. The Morgan fingerprint density at radius 1 is 0.481 bits per heavy atom. The number of nitrogens with zero attached hydrogens (tertiary/aromatic N) is 4. The van der Waals surface area contributed by atoms with Gasteiger partial charge in [0.1, 0.15) is 22.8 Å². The molecule has 0 fully saturated rings. The van der Waals surface area contributed by atoms with Gasteiger partial charge in [-0.2, -0.15) is 5.26 Å². The first kappa shape index (κ1) is 29.6. The van der Waals surface area contributed by atoms with Gasteiger partial charge < -0.3 is 8.98 Å². The Morgan fingerprint density at radius 3 is 1.73 bits per heavy atom. The Hall–Kier alpha value is -7.29. The van der Waals surface area contributed by atoms with E-state index in [2.05, 4.69) is 102 Å². The molecule has 0 spiro atoms. The SMILES string of the molecule is N#Cc1c(-c2ccccc2)nc(-c2cc(-c3ccccc3)cc(-n3c4ccccc4c4c5oc6ccccc6c5ccc43)c2)nc1-c1ccccc1. The van der Waals surface area contributed by atoms with Crippen LogP contribution < -0.4 is 0 Å². The van der Waals surface area contributed by atoms with Crippen molar-refractivity contribution in [3.8, 4) is 56.8 Å². The normalized spacial score (nSPS) is 11.4. The molecule has 0 amide bonds. The minimum atomic E-state index is 0.442. The fourth-order valence-corrected chi connectivity index (χ4v) is 7.49. The lowest BCUT2D eigenvalue weighted by Crippen LogP contribution is -2.02. The first-order valence-corrected chi connectivity index (χ1v) is 17.2. The van der Waals surface area contributed by atoms with Crippen LogP contribution in [-0.4, -0.2) is 14.5 Å². The molecule has 52 heavy (non-hydrogen) atoms. The van der Waals surface area contributed by atoms with Crippen molar-refractivity contribution in [1.29, 1.82) is 5.26 Å². The van der Waals surface area contributed by atoms with E-state index in [0.717, 1.165) is 77.2 Å². The predicted molar refractivity (Wildman–Crippen MR) is 210 cm³/mol. The molecule has 242 valence electrons. The summed E-state index contributed by atoms with van der Waals surface area (Å²) < 4.78 is 8.89. The Kier molecular flexibility index (Phi) is 6.80. The van der Waals surface area contributed by atoms with Gasteiger partial charge in [-0.3, -0.25) is 0 Å². The summed E-state index contributed by atoms with van der Waals surface area (Å²) in [6.07, 6.45) is 0. The first-order valence-electron chi connectivity index (χ1n) is 17.2. The molecule has 0 atom stereocenters. The van der Waals surface area contributed by atoms with Gasteiger partial charge in [0.2, 0.25) is 0 Å². The maximum Gasteiger partial charge on any atom is 0.160 e. The van der Waals surface area contributed by atoms with Crippen molar-refractivity contribution in [3.05, 3.63) is 175 Å². The molecular weight excluding hydrogens is 637 g/mol. The van der Waals surface area contributed by atoms with Crippen molar-refractivity contribution in [2.24, 2.45) is 0 Å². The quantitative estimate of drug-likeness (QED) is 0.184. The highest BCUT2D eigenvalue weighted by atomic mass is 16.3. The van der Waals surface area contributed by atoms with Gasteiger partial charge in [0.15, 0.2) is 5.82 Å². The number of aromatic nitrogens is 3. The molecule has 3 heterocycles. The van der Waals surface area contributed by atoms with Crippen LogP contribution in [0.15, 0.2) is 174 Å². The number of para-hydroxylation sites is 2. The van der Waals surface area contributed by atoms with E-state index in [4.69, 9.17) is 14.4 Å². The van der Waals surface area contributed by atoms with Crippen LogP contribution in [0.25, 0.3) is 94.5 Å². The highest BCUT2D eigenvalue weighted by molar-refractivity contribution is 6.23. The predicted octanol–water partition coefficient (Wildman–Crippen LogP) is 12.0. The summed E-state index contributed by atoms with van der Waals surface area (Å²) in [4.78, 5) is 10.3. The monoisotopic (exact) mass is 664 g/mol. The molecular formula is C47H28N4O. The van der Waals surface area contributed by atoms with Gasteiger partial charge in [-0.15, -0.1) is 0 Å². The van der Waals surface area contributed by atoms with E-state index in [1.165, 1.54) is 0 Å². The highest BCUT2D eigenvalue weighted by Crippen LogP contribution is 2.42. The molecule has 0 saturated heterocycles. The third kappa shape index (κ3) is 4.70. The zero-order valence-corrected chi connectivity index (χ0v) is 27.9. The molecule has 0 aliphatic heterocycles. The molecule has 3 aromatic heterocycles. The summed E-state index contributed by atoms with van der Waals surface area (Å²) >= 11 is 0. The number of nitriles is 1. The van der Waals surface area contributed by atoms with Crippen LogP contribution >= 0.6 is 0 Å². The van der Waals surface area contributed by atoms with Gasteiger partial charge in [-0.05, 0) is 53.6 Å². The molecule has 0 radical (unpaired) electrons. The van der Waals surface area contributed by atoms with Gasteiger partial charge >= 0.3 is 0 Å². The molecule has 0 aliphatic carbocycles. The van der Waals surface area contributed by atoms with E-state index in [-0.39, 0.29) is 0 Å². The molecule has 0 bridgehead atoms. The van der Waals surface area contributed by atoms with Gasteiger partial charge in [0, 0.05) is 38.5 Å². The molecule has 0 saturated carbocycles. The van der Waals surface area contributed by atoms with Crippen LogP contribution in [0.2, 0.25) is 0 Å². The third-order valence-corrected chi connectivity index (χ3v) is 9.84. The third-order valence-electron chi connectivity index (χ3n) is 9.84. The number of rotatable bonds is 5. The van der Waals surface area contributed by atoms with Crippen LogP contribution in [-0.2, 0) is 0 Å². The molecule has 0 aliphatic rings. The van der Waals surface area contributed by atoms with E-state index in [1.807, 2.05) is 78.9 Å². The number of fused-ring (bicyclic) bond motifs is 7. The number of benzene rings is 7. The molecule has 5 heteroatoms. The molecule has 0 N–H and O–H groups in total. The minimum Gasteiger partial charge on any atom is -0.455 e. The zero-order chi connectivity index (χ0) is 34.6. The van der Waals surface area contributed by atoms with Crippen LogP contribution in [0, 0.1) is 11.3 Å². The molecule has 5 nitrogen and oxygen atoms in total. The summed E-state index contributed by atoms with van der Waals surface area (Å²) in [6.45, 7) is 0. The average Bonchev–Trinajstić information content (AvgIpc) is 3.77. The van der Waals surface area contributed by atoms with Crippen molar-refractivity contribution in [1.82, 2.24) is 14.5 Å². The van der Waals surface area contributed by atoms with Gasteiger partial charge in [-0.25, -0.2) is 9.97 Å². The smallest absolute Gasteiger partial charge is 0.160 e. The molecule has 10 aromatic rings. The zero-order valence-electron chi connectivity index (χ0n) is 27.9. The van der Waals surface area contributed by atoms with Gasteiger partial charge in [0.25, 0.3) is 0 Å². The van der Waals surface area contributed by atoms with E-state index in [9.17, 15) is 5.26 Å². The van der Waals surface area contributed by atoms with E-state index in [0.29, 0.717) is 22.8 Å². The summed E-state index contributed by atoms with van der Waals surface area (Å²) in [6, 6.07) is 60.2. The Balaban J connectivity index is 1.29. The second-order valence-electron chi connectivity index (χ2n) is 12.9. The van der Waals surface area contributed by atoms with Crippen LogP contribution in [0.5, 0.6) is 0 Å². The van der Waals surface area contributed by atoms with E-state index >= 15 is 0 Å². The number of hydrogen-bond acceptors (Lipinski definition) is 4. The Labute approximate surface area is 299 Å². The van der Waals surface area contributed by atoms with Crippen molar-refractivity contribution < 1.29 is 4.42 Å². The highest BCUT2D eigenvalue weighted by Gasteiger charge is 2.22. The molecule has 7 aromatic carbocycles. The van der Waals surface area contributed by atoms with Crippen LogP contribution in [0.4, 0.5) is 0 Å².